The molecule has 0 saturated carbocycles. The Bertz CT molecular complexity index is 439. The number of carboxylic acid groups (broad SMARTS) is 1. The van der Waals surface area contributed by atoms with E-state index in [9.17, 15) is 18.0 Å². The average molecular weight is 261 g/mol. The van der Waals surface area contributed by atoms with Crippen LogP contribution in [0.2, 0.25) is 0 Å². The Morgan fingerprint density at radius 1 is 1.28 bits per heavy atom. The number of benzene rings is 1. The van der Waals surface area contributed by atoms with Gasteiger partial charge in [0.2, 0.25) is 0 Å². The van der Waals surface area contributed by atoms with Crippen LogP contribution in [-0.4, -0.2) is 24.2 Å². The third kappa shape index (κ3) is 2.94. The Morgan fingerprint density at radius 3 is 2.22 bits per heavy atom. The number of anilines is 1. The maximum Gasteiger partial charge on any atom is 0.416 e. The number of carbonyl (C=O) groups is 1. The highest BCUT2D eigenvalue weighted by Gasteiger charge is 2.32. The third-order valence-corrected chi connectivity index (χ3v) is 2.66. The number of hydrogen-bond acceptors (Lipinski definition) is 2. The summed E-state index contributed by atoms with van der Waals surface area (Å²) in [5.41, 5.74) is -0.968. The predicted molar refractivity (Wildman–Crippen MR) is 62.0 cm³/mol. The molecule has 0 amide bonds. The quantitative estimate of drug-likeness (QED) is 0.904. The SMILES string of the molecule is CCN(CC)c1ccc(C(F)(F)F)cc1C(=O)O. The maximum atomic E-state index is 12.5. The number of halogens is 3. The molecule has 18 heavy (non-hydrogen) atoms. The monoisotopic (exact) mass is 261 g/mol. The molecular formula is C12H14F3NO2. The van der Waals surface area contributed by atoms with Crippen LogP contribution in [0.15, 0.2) is 18.2 Å². The summed E-state index contributed by atoms with van der Waals surface area (Å²) in [7, 11) is 0. The molecule has 0 aliphatic rings. The van der Waals surface area contributed by atoms with E-state index in [0.29, 0.717) is 24.8 Å². The number of hydrogen-bond donors (Lipinski definition) is 1. The van der Waals surface area contributed by atoms with Crippen molar-refractivity contribution in [2.24, 2.45) is 0 Å². The van der Waals surface area contributed by atoms with Crippen LogP contribution < -0.4 is 4.90 Å². The largest absolute Gasteiger partial charge is 0.478 e. The number of rotatable bonds is 4. The van der Waals surface area contributed by atoms with Crippen molar-refractivity contribution < 1.29 is 23.1 Å². The van der Waals surface area contributed by atoms with Crippen molar-refractivity contribution in [2.75, 3.05) is 18.0 Å². The molecule has 0 fully saturated rings. The first-order chi connectivity index (χ1) is 8.31. The van der Waals surface area contributed by atoms with Gasteiger partial charge in [0.15, 0.2) is 0 Å². The average Bonchev–Trinajstić information content (AvgIpc) is 2.29. The standard InChI is InChI=1S/C12H14F3NO2/c1-3-16(4-2)10-6-5-8(12(13,14)15)7-9(10)11(17)18/h5-7H,3-4H2,1-2H3,(H,17,18). The molecule has 0 saturated heterocycles. The van der Waals surface area contributed by atoms with Gasteiger partial charge in [0.25, 0.3) is 0 Å². The van der Waals surface area contributed by atoms with Crippen LogP contribution in [0.1, 0.15) is 29.8 Å². The molecule has 0 spiro atoms. The molecule has 1 aromatic rings. The van der Waals surface area contributed by atoms with Gasteiger partial charge in [-0.2, -0.15) is 13.2 Å². The first-order valence-electron chi connectivity index (χ1n) is 5.50. The van der Waals surface area contributed by atoms with Gasteiger partial charge in [-0.15, -0.1) is 0 Å². The van der Waals surface area contributed by atoms with Gasteiger partial charge in [-0.05, 0) is 32.0 Å². The summed E-state index contributed by atoms with van der Waals surface area (Å²) in [5.74, 6) is -1.36. The maximum absolute atomic E-state index is 12.5. The van der Waals surface area contributed by atoms with E-state index < -0.39 is 17.7 Å². The van der Waals surface area contributed by atoms with Crippen LogP contribution in [-0.2, 0) is 6.18 Å². The molecule has 0 unspecified atom stereocenters. The van der Waals surface area contributed by atoms with Gasteiger partial charge in [-0.1, -0.05) is 0 Å². The highest BCUT2D eigenvalue weighted by molar-refractivity contribution is 5.94. The number of aromatic carboxylic acids is 1. The number of carboxylic acids is 1. The zero-order valence-electron chi connectivity index (χ0n) is 10.1. The number of alkyl halides is 3. The van der Waals surface area contributed by atoms with Crippen LogP contribution in [0.3, 0.4) is 0 Å². The Labute approximate surface area is 103 Å². The van der Waals surface area contributed by atoms with Gasteiger partial charge in [0.1, 0.15) is 0 Å². The first kappa shape index (κ1) is 14.3. The van der Waals surface area contributed by atoms with Crippen LogP contribution in [0.25, 0.3) is 0 Å². The number of nitrogens with zero attached hydrogens (tertiary/aromatic N) is 1. The molecule has 0 bridgehead atoms. The molecule has 0 aliphatic heterocycles. The first-order valence-corrected chi connectivity index (χ1v) is 5.50. The minimum Gasteiger partial charge on any atom is -0.478 e. The second-order valence-electron chi connectivity index (χ2n) is 3.71. The third-order valence-electron chi connectivity index (χ3n) is 2.66. The van der Waals surface area contributed by atoms with Crippen LogP contribution in [0.5, 0.6) is 0 Å². The summed E-state index contributed by atoms with van der Waals surface area (Å²) in [6.07, 6.45) is -4.54. The molecule has 100 valence electrons. The topological polar surface area (TPSA) is 40.5 Å². The van der Waals surface area contributed by atoms with Crippen molar-refractivity contribution in [1.82, 2.24) is 0 Å². The van der Waals surface area contributed by atoms with Crippen molar-refractivity contribution >= 4 is 11.7 Å². The molecule has 0 aromatic heterocycles. The molecule has 3 nitrogen and oxygen atoms in total. The predicted octanol–water partition coefficient (Wildman–Crippen LogP) is 3.25. The van der Waals surface area contributed by atoms with Crippen molar-refractivity contribution in [3.05, 3.63) is 29.3 Å². The molecule has 1 rings (SSSR count). The Balaban J connectivity index is 3.33. The lowest BCUT2D eigenvalue weighted by molar-refractivity contribution is -0.137. The Kier molecular flexibility index (Phi) is 4.21. The second kappa shape index (κ2) is 5.29. The Hall–Kier alpha value is -1.72. The molecule has 6 heteroatoms. The van der Waals surface area contributed by atoms with E-state index in [4.69, 9.17) is 5.11 Å². The molecule has 1 aromatic carbocycles. The lowest BCUT2D eigenvalue weighted by atomic mass is 10.1. The molecular weight excluding hydrogens is 247 g/mol. The van der Waals surface area contributed by atoms with Crippen molar-refractivity contribution in [3.63, 3.8) is 0 Å². The van der Waals surface area contributed by atoms with E-state index in [1.54, 1.807) is 4.90 Å². The fourth-order valence-electron chi connectivity index (χ4n) is 1.72. The summed E-state index contributed by atoms with van der Waals surface area (Å²) in [5, 5.41) is 9.00. The fourth-order valence-corrected chi connectivity index (χ4v) is 1.72. The summed E-state index contributed by atoms with van der Waals surface area (Å²) in [4.78, 5) is 12.7. The highest BCUT2D eigenvalue weighted by atomic mass is 19.4. The minimum atomic E-state index is -4.54. The molecule has 0 aliphatic carbocycles. The van der Waals surface area contributed by atoms with Gasteiger partial charge in [0.05, 0.1) is 16.8 Å². The molecule has 0 heterocycles. The smallest absolute Gasteiger partial charge is 0.416 e. The normalized spacial score (nSPS) is 11.4. The highest BCUT2D eigenvalue weighted by Crippen LogP contribution is 2.32. The van der Waals surface area contributed by atoms with Crippen LogP contribution in [0.4, 0.5) is 18.9 Å². The van der Waals surface area contributed by atoms with E-state index in [1.165, 1.54) is 6.07 Å². The second-order valence-corrected chi connectivity index (χ2v) is 3.71. The van der Waals surface area contributed by atoms with Gasteiger partial charge in [0, 0.05) is 13.1 Å². The lowest BCUT2D eigenvalue weighted by Gasteiger charge is -2.23. The van der Waals surface area contributed by atoms with Gasteiger partial charge in [-0.3, -0.25) is 0 Å². The minimum absolute atomic E-state index is 0.306. The van der Waals surface area contributed by atoms with E-state index in [0.717, 1.165) is 6.07 Å². The van der Waals surface area contributed by atoms with Crippen LogP contribution >= 0.6 is 0 Å². The zero-order chi connectivity index (χ0) is 13.9. The molecule has 0 atom stereocenters. The molecule has 0 radical (unpaired) electrons. The fraction of sp³-hybridized carbons (Fsp3) is 0.417. The van der Waals surface area contributed by atoms with Gasteiger partial charge < -0.3 is 10.0 Å². The van der Waals surface area contributed by atoms with Crippen molar-refractivity contribution in [3.8, 4) is 0 Å². The van der Waals surface area contributed by atoms with E-state index in [2.05, 4.69) is 0 Å². The summed E-state index contributed by atoms with van der Waals surface area (Å²) in [6, 6.07) is 2.79. The lowest BCUT2D eigenvalue weighted by Crippen LogP contribution is -2.24. The Morgan fingerprint density at radius 2 is 1.83 bits per heavy atom. The van der Waals surface area contributed by atoms with Crippen molar-refractivity contribution in [1.29, 1.82) is 0 Å². The zero-order valence-corrected chi connectivity index (χ0v) is 10.1. The van der Waals surface area contributed by atoms with E-state index >= 15 is 0 Å². The van der Waals surface area contributed by atoms with Gasteiger partial charge in [-0.25, -0.2) is 4.79 Å². The van der Waals surface area contributed by atoms with E-state index in [-0.39, 0.29) is 5.56 Å². The molecule has 1 N–H and O–H groups in total. The van der Waals surface area contributed by atoms with Gasteiger partial charge >= 0.3 is 12.1 Å². The van der Waals surface area contributed by atoms with E-state index in [1.807, 2.05) is 13.8 Å². The summed E-state index contributed by atoms with van der Waals surface area (Å²) in [6.45, 7) is 4.68. The van der Waals surface area contributed by atoms with Crippen molar-refractivity contribution in [2.45, 2.75) is 20.0 Å². The van der Waals surface area contributed by atoms with Crippen LogP contribution in [0, 0.1) is 0 Å². The summed E-state index contributed by atoms with van der Waals surface area (Å²) >= 11 is 0. The summed E-state index contributed by atoms with van der Waals surface area (Å²) < 4.78 is 37.6.